The Labute approximate surface area is 312 Å². The zero-order valence-corrected chi connectivity index (χ0v) is 31.3. The molecule has 0 bridgehead atoms. The van der Waals surface area contributed by atoms with Crippen LogP contribution in [-0.2, 0) is 42.0 Å². The van der Waals surface area contributed by atoms with Crippen molar-refractivity contribution in [3.05, 3.63) is 102 Å². The molecular formula is C39H53N7O6S. The fourth-order valence-electron chi connectivity index (χ4n) is 6.24. The fraction of sp³-hybridized carbons (Fsp3) is 0.436. The minimum Gasteiger partial charge on any atom is -0.343 e. The van der Waals surface area contributed by atoms with Crippen molar-refractivity contribution in [3.63, 3.8) is 0 Å². The van der Waals surface area contributed by atoms with Crippen LogP contribution in [0.5, 0.6) is 0 Å². The minimum absolute atomic E-state index is 0.00894. The topological polar surface area (TPSA) is 197 Å². The second-order valence-electron chi connectivity index (χ2n) is 13.8. The van der Waals surface area contributed by atoms with E-state index in [1.54, 1.807) is 23.1 Å². The van der Waals surface area contributed by atoms with Crippen molar-refractivity contribution < 1.29 is 27.6 Å². The van der Waals surface area contributed by atoms with Crippen LogP contribution in [-0.4, -0.2) is 98.1 Å². The molecule has 7 N–H and O–H groups in total. The van der Waals surface area contributed by atoms with E-state index in [4.69, 9.17) is 11.5 Å². The van der Waals surface area contributed by atoms with Crippen LogP contribution in [0.25, 0.3) is 0 Å². The maximum atomic E-state index is 13.9. The van der Waals surface area contributed by atoms with Gasteiger partial charge in [-0.3, -0.25) is 19.2 Å². The Bertz CT molecular complexity index is 1740. The lowest BCUT2D eigenvalue weighted by molar-refractivity contribution is -0.139. The van der Waals surface area contributed by atoms with Crippen molar-refractivity contribution in [2.24, 2.45) is 17.4 Å². The van der Waals surface area contributed by atoms with Gasteiger partial charge in [0.05, 0.1) is 10.9 Å². The number of piperazine rings is 1. The zero-order chi connectivity index (χ0) is 38.4. The van der Waals surface area contributed by atoms with Gasteiger partial charge in [-0.15, -0.1) is 0 Å². The molecule has 1 aliphatic heterocycles. The highest BCUT2D eigenvalue weighted by molar-refractivity contribution is 7.89. The minimum atomic E-state index is -3.72. The molecular weight excluding hydrogens is 695 g/mol. The Kier molecular flexibility index (Phi) is 15.5. The van der Waals surface area contributed by atoms with Gasteiger partial charge in [0, 0.05) is 32.6 Å². The van der Waals surface area contributed by atoms with Crippen LogP contribution in [0.15, 0.2) is 95.9 Å². The molecule has 1 aliphatic rings. The van der Waals surface area contributed by atoms with Crippen molar-refractivity contribution in [2.45, 2.75) is 75.0 Å². The van der Waals surface area contributed by atoms with Gasteiger partial charge >= 0.3 is 0 Å². The molecule has 0 aromatic heterocycles. The molecule has 0 spiro atoms. The summed E-state index contributed by atoms with van der Waals surface area (Å²) in [6, 6.07) is 22.8. The molecule has 3 aromatic carbocycles. The first-order chi connectivity index (χ1) is 25.4. The van der Waals surface area contributed by atoms with Gasteiger partial charge in [0.25, 0.3) is 0 Å². The molecule has 4 atom stereocenters. The molecule has 286 valence electrons. The Hall–Kier alpha value is -4.63. The van der Waals surface area contributed by atoms with Gasteiger partial charge in [-0.2, -0.15) is 4.31 Å². The summed E-state index contributed by atoms with van der Waals surface area (Å²) in [6.45, 7) is 4.64. The van der Waals surface area contributed by atoms with Crippen molar-refractivity contribution in [1.29, 1.82) is 0 Å². The first-order valence-corrected chi connectivity index (χ1v) is 19.6. The van der Waals surface area contributed by atoms with Gasteiger partial charge in [0.15, 0.2) is 0 Å². The summed E-state index contributed by atoms with van der Waals surface area (Å²) in [4.78, 5) is 56.7. The number of hydrogen-bond donors (Lipinski definition) is 5. The van der Waals surface area contributed by atoms with Gasteiger partial charge in [-0.05, 0) is 61.4 Å². The number of hydrogen-bond acceptors (Lipinski definition) is 8. The molecule has 53 heavy (non-hydrogen) atoms. The van der Waals surface area contributed by atoms with Crippen LogP contribution in [0.1, 0.15) is 44.2 Å². The van der Waals surface area contributed by atoms with Crippen LogP contribution >= 0.6 is 0 Å². The molecule has 0 saturated carbocycles. The molecule has 4 amide bonds. The number of sulfonamides is 1. The second kappa shape index (κ2) is 20.0. The van der Waals surface area contributed by atoms with E-state index in [0.29, 0.717) is 13.0 Å². The number of benzene rings is 3. The summed E-state index contributed by atoms with van der Waals surface area (Å²) >= 11 is 0. The van der Waals surface area contributed by atoms with E-state index in [-0.39, 0.29) is 68.6 Å². The van der Waals surface area contributed by atoms with E-state index in [1.165, 1.54) is 16.4 Å². The molecule has 0 radical (unpaired) electrons. The van der Waals surface area contributed by atoms with Crippen LogP contribution in [0, 0.1) is 5.92 Å². The molecule has 0 unspecified atom stereocenters. The molecule has 14 heteroatoms. The van der Waals surface area contributed by atoms with Crippen molar-refractivity contribution in [2.75, 3.05) is 32.7 Å². The monoisotopic (exact) mass is 747 g/mol. The van der Waals surface area contributed by atoms with Gasteiger partial charge in [-0.25, -0.2) is 8.42 Å². The van der Waals surface area contributed by atoms with Gasteiger partial charge in [0.2, 0.25) is 33.7 Å². The summed E-state index contributed by atoms with van der Waals surface area (Å²) in [5.74, 6) is -1.96. The first-order valence-electron chi connectivity index (χ1n) is 18.2. The lowest BCUT2D eigenvalue weighted by Gasteiger charge is -2.36. The quantitative estimate of drug-likeness (QED) is 0.129. The normalized spacial score (nSPS) is 15.9. The van der Waals surface area contributed by atoms with Crippen LogP contribution in [0.3, 0.4) is 0 Å². The maximum absolute atomic E-state index is 13.9. The lowest BCUT2D eigenvalue weighted by atomic mass is 9.99. The highest BCUT2D eigenvalue weighted by atomic mass is 32.2. The number of nitrogens with two attached hydrogens (primary N) is 2. The van der Waals surface area contributed by atoms with E-state index in [0.717, 1.165) is 11.1 Å². The number of amides is 4. The third-order valence-electron chi connectivity index (χ3n) is 9.13. The average Bonchev–Trinajstić information content (AvgIpc) is 3.16. The van der Waals surface area contributed by atoms with E-state index in [9.17, 15) is 27.6 Å². The predicted molar refractivity (Wildman–Crippen MR) is 204 cm³/mol. The zero-order valence-electron chi connectivity index (χ0n) is 30.5. The Morgan fingerprint density at radius 3 is 1.72 bits per heavy atom. The molecule has 4 rings (SSSR count). The highest BCUT2D eigenvalue weighted by Crippen LogP contribution is 2.18. The SMILES string of the molecule is CC(C)C[C@@H](NC(=O)[C@@H](Cc1ccccc1)NC(=O)[C@H](N)Cc1ccccc1)C(=O)N[C@H](CCCN)C(=O)N1CCN(S(=O)(=O)c2ccccc2)CC1. The molecule has 1 saturated heterocycles. The second-order valence-corrected chi connectivity index (χ2v) is 15.7. The lowest BCUT2D eigenvalue weighted by Crippen LogP contribution is -2.60. The van der Waals surface area contributed by atoms with Gasteiger partial charge < -0.3 is 32.3 Å². The number of nitrogens with one attached hydrogen (secondary N) is 3. The van der Waals surface area contributed by atoms with Crippen molar-refractivity contribution in [1.82, 2.24) is 25.2 Å². The molecule has 1 fully saturated rings. The van der Waals surface area contributed by atoms with Crippen LogP contribution < -0.4 is 27.4 Å². The van der Waals surface area contributed by atoms with E-state index in [2.05, 4.69) is 16.0 Å². The summed E-state index contributed by atoms with van der Waals surface area (Å²) in [7, 11) is -3.72. The van der Waals surface area contributed by atoms with E-state index in [1.807, 2.05) is 74.5 Å². The number of rotatable bonds is 18. The Balaban J connectivity index is 1.45. The number of carbonyl (C=O) groups excluding carboxylic acids is 4. The summed E-state index contributed by atoms with van der Waals surface area (Å²) in [6.07, 6.45) is 1.43. The van der Waals surface area contributed by atoms with Crippen LogP contribution in [0.4, 0.5) is 0 Å². The first kappa shape index (κ1) is 41.1. The average molecular weight is 748 g/mol. The van der Waals surface area contributed by atoms with Gasteiger partial charge in [-0.1, -0.05) is 92.7 Å². The number of nitrogens with zero attached hydrogens (tertiary/aromatic N) is 2. The third kappa shape index (κ3) is 12.2. The molecule has 1 heterocycles. The molecule has 3 aromatic rings. The van der Waals surface area contributed by atoms with E-state index < -0.39 is 51.9 Å². The summed E-state index contributed by atoms with van der Waals surface area (Å²) in [5.41, 5.74) is 13.7. The summed E-state index contributed by atoms with van der Waals surface area (Å²) in [5, 5.41) is 8.52. The van der Waals surface area contributed by atoms with Crippen molar-refractivity contribution in [3.8, 4) is 0 Å². The van der Waals surface area contributed by atoms with Gasteiger partial charge in [0.1, 0.15) is 18.1 Å². The molecule has 0 aliphatic carbocycles. The Morgan fingerprint density at radius 1 is 0.679 bits per heavy atom. The van der Waals surface area contributed by atoms with Crippen molar-refractivity contribution >= 4 is 33.7 Å². The third-order valence-corrected chi connectivity index (χ3v) is 11.0. The fourth-order valence-corrected chi connectivity index (χ4v) is 7.68. The smallest absolute Gasteiger partial charge is 0.245 e. The summed E-state index contributed by atoms with van der Waals surface area (Å²) < 4.78 is 27.6. The van der Waals surface area contributed by atoms with Crippen LogP contribution in [0.2, 0.25) is 0 Å². The largest absolute Gasteiger partial charge is 0.343 e. The standard InChI is InChI=1S/C39H53N7O6S/c1-28(2)25-34(44-38(49)35(27-30-15-8-4-9-16-30)43-36(47)32(41)26-29-13-6-3-7-14-29)37(48)42-33(19-12-20-40)39(50)45-21-23-46(24-22-45)53(51,52)31-17-10-5-11-18-31/h3-11,13-18,28,32-35H,12,19-27,40-41H2,1-2H3,(H,42,48)(H,43,47)(H,44,49)/t32-,33-,34-,35-/m1/s1. The molecule has 13 nitrogen and oxygen atoms in total. The Morgan fingerprint density at radius 2 is 1.17 bits per heavy atom. The maximum Gasteiger partial charge on any atom is 0.245 e. The number of carbonyl (C=O) groups is 4. The highest BCUT2D eigenvalue weighted by Gasteiger charge is 2.35. The predicted octanol–water partition coefficient (Wildman–Crippen LogP) is 1.57. The van der Waals surface area contributed by atoms with E-state index >= 15 is 0 Å².